The Morgan fingerprint density at radius 1 is 0.886 bits per heavy atom. The van der Waals surface area contributed by atoms with Gasteiger partial charge in [-0.05, 0) is 92.3 Å². The topological polar surface area (TPSA) is 69.7 Å². The summed E-state index contributed by atoms with van der Waals surface area (Å²) in [7, 11) is 0. The minimum Gasteiger partial charge on any atom is -0.463 e. The molecular weight excluding hydrogens is 461 g/mol. The second-order valence-corrected chi connectivity index (χ2v) is 12.1. The molecule has 0 bridgehead atoms. The van der Waals surface area contributed by atoms with E-state index < -0.39 is 36.4 Å². The first-order chi connectivity index (χ1) is 16.3. The molecule has 0 N–H and O–H groups in total. The lowest BCUT2D eigenvalue weighted by Gasteiger charge is -2.61. The number of Topliss-reactive ketones (excluding diaryl/α,β-unsaturated/α-hetero) is 1. The molecule has 0 spiro atoms. The van der Waals surface area contributed by atoms with Gasteiger partial charge in [-0.3, -0.25) is 14.4 Å². The summed E-state index contributed by atoms with van der Waals surface area (Å²) in [6.45, 7) is 6.91. The van der Waals surface area contributed by atoms with Crippen molar-refractivity contribution in [1.82, 2.24) is 0 Å². The molecule has 5 nitrogen and oxygen atoms in total. The van der Waals surface area contributed by atoms with Crippen LogP contribution in [0.15, 0.2) is 0 Å². The first-order valence-corrected chi connectivity index (χ1v) is 13.2. The van der Waals surface area contributed by atoms with Gasteiger partial charge in [0.25, 0.3) is 0 Å². The Morgan fingerprint density at radius 2 is 1.54 bits per heavy atom. The van der Waals surface area contributed by atoms with Crippen molar-refractivity contribution in [2.75, 3.05) is 0 Å². The van der Waals surface area contributed by atoms with E-state index in [0.29, 0.717) is 30.1 Å². The van der Waals surface area contributed by atoms with E-state index in [9.17, 15) is 27.6 Å². The van der Waals surface area contributed by atoms with Gasteiger partial charge in [0.05, 0.1) is 6.42 Å². The number of alkyl halides is 3. The maximum absolute atomic E-state index is 13.4. The smallest absolute Gasteiger partial charge is 0.425 e. The van der Waals surface area contributed by atoms with Gasteiger partial charge in [-0.1, -0.05) is 13.8 Å². The van der Waals surface area contributed by atoms with Gasteiger partial charge in [-0.2, -0.15) is 13.2 Å². The number of rotatable bonds is 5. The predicted molar refractivity (Wildman–Crippen MR) is 122 cm³/mol. The van der Waals surface area contributed by atoms with Crippen molar-refractivity contribution in [2.45, 2.75) is 110 Å². The van der Waals surface area contributed by atoms with Crippen molar-refractivity contribution < 1.29 is 37.0 Å². The van der Waals surface area contributed by atoms with Crippen LogP contribution >= 0.6 is 0 Å². The van der Waals surface area contributed by atoms with Crippen LogP contribution in [0.3, 0.4) is 0 Å². The SMILES string of the molecule is CC(=O)OC(CC(=O)[C@H]1CC[C@H]2[C@@H]3CC[C@H]4C[C@@H](OC(C)=O)CC[C@]4(C)[C@H]3CC[C@]12C)C(F)(F)F. The Bertz CT molecular complexity index is 856. The molecule has 198 valence electrons. The minimum absolute atomic E-state index is 0.00302. The predicted octanol–water partition coefficient (Wildman–Crippen LogP) is 6.03. The number of hydrogen-bond donors (Lipinski definition) is 0. The lowest BCUT2D eigenvalue weighted by atomic mass is 9.44. The molecule has 35 heavy (non-hydrogen) atoms. The average molecular weight is 501 g/mol. The summed E-state index contributed by atoms with van der Waals surface area (Å²) in [6, 6.07) is 0. The van der Waals surface area contributed by atoms with Crippen molar-refractivity contribution in [3.8, 4) is 0 Å². The Labute approximate surface area is 205 Å². The summed E-state index contributed by atoms with van der Waals surface area (Å²) in [6.07, 6.45) is 0.365. The highest BCUT2D eigenvalue weighted by Crippen LogP contribution is 2.67. The summed E-state index contributed by atoms with van der Waals surface area (Å²) >= 11 is 0. The number of ether oxygens (including phenoxy) is 2. The van der Waals surface area contributed by atoms with E-state index in [-0.39, 0.29) is 22.9 Å². The number of carbonyl (C=O) groups is 3. The molecule has 0 aliphatic heterocycles. The van der Waals surface area contributed by atoms with Gasteiger partial charge in [0.15, 0.2) is 0 Å². The number of halogens is 3. The molecule has 4 fully saturated rings. The summed E-state index contributed by atoms with van der Waals surface area (Å²) in [5.41, 5.74) is -0.123. The number of ketones is 1. The molecular formula is C27H39F3O5. The number of carbonyl (C=O) groups excluding carboxylic acids is 3. The number of fused-ring (bicyclic) bond motifs is 5. The largest absolute Gasteiger partial charge is 0.463 e. The third-order valence-corrected chi connectivity index (χ3v) is 10.4. The van der Waals surface area contributed by atoms with Crippen LogP contribution in [0, 0.1) is 40.4 Å². The van der Waals surface area contributed by atoms with Gasteiger partial charge in [-0.25, -0.2) is 0 Å². The lowest BCUT2D eigenvalue weighted by Crippen LogP contribution is -2.54. The summed E-state index contributed by atoms with van der Waals surface area (Å²) < 4.78 is 50.3. The molecule has 4 aliphatic rings. The Kier molecular flexibility index (Phi) is 7.08. The highest BCUT2D eigenvalue weighted by Gasteiger charge is 2.61. The molecule has 4 aliphatic carbocycles. The molecule has 0 heterocycles. The number of esters is 2. The quantitative estimate of drug-likeness (QED) is 0.431. The summed E-state index contributed by atoms with van der Waals surface area (Å²) in [5, 5.41) is 0. The van der Waals surface area contributed by atoms with Crippen LogP contribution in [-0.4, -0.2) is 36.1 Å². The monoisotopic (exact) mass is 500 g/mol. The zero-order valence-electron chi connectivity index (χ0n) is 21.3. The summed E-state index contributed by atoms with van der Waals surface area (Å²) in [4.78, 5) is 35.9. The molecule has 8 heteroatoms. The highest BCUT2D eigenvalue weighted by atomic mass is 19.4. The molecule has 4 rings (SSSR count). The van der Waals surface area contributed by atoms with Crippen LogP contribution in [0.5, 0.6) is 0 Å². The molecule has 0 aromatic rings. The molecule has 0 aromatic heterocycles. The maximum Gasteiger partial charge on any atom is 0.425 e. The van der Waals surface area contributed by atoms with Crippen molar-refractivity contribution in [2.24, 2.45) is 40.4 Å². The van der Waals surface area contributed by atoms with Crippen LogP contribution in [0.4, 0.5) is 13.2 Å². The van der Waals surface area contributed by atoms with Crippen LogP contribution in [-0.2, 0) is 23.9 Å². The third-order valence-electron chi connectivity index (χ3n) is 10.4. The fraction of sp³-hybridized carbons (Fsp3) is 0.889. The zero-order valence-corrected chi connectivity index (χ0v) is 21.3. The fourth-order valence-electron chi connectivity index (χ4n) is 8.84. The van der Waals surface area contributed by atoms with E-state index in [0.717, 1.165) is 58.3 Å². The molecule has 0 radical (unpaired) electrons. The normalized spacial score (nSPS) is 41.7. The van der Waals surface area contributed by atoms with Crippen LogP contribution < -0.4 is 0 Å². The molecule has 0 saturated heterocycles. The zero-order chi connectivity index (χ0) is 25.8. The van der Waals surface area contributed by atoms with Gasteiger partial charge < -0.3 is 9.47 Å². The molecule has 1 unspecified atom stereocenters. The van der Waals surface area contributed by atoms with Gasteiger partial charge in [0, 0.05) is 19.8 Å². The Balaban J connectivity index is 1.47. The van der Waals surface area contributed by atoms with Crippen molar-refractivity contribution in [1.29, 1.82) is 0 Å². The van der Waals surface area contributed by atoms with E-state index in [1.54, 1.807) is 0 Å². The first-order valence-electron chi connectivity index (χ1n) is 13.2. The Morgan fingerprint density at radius 3 is 2.17 bits per heavy atom. The van der Waals surface area contributed by atoms with Gasteiger partial charge in [0.2, 0.25) is 6.10 Å². The molecule has 4 saturated carbocycles. The fourth-order valence-corrected chi connectivity index (χ4v) is 8.84. The van der Waals surface area contributed by atoms with E-state index in [1.165, 1.54) is 6.92 Å². The standard InChI is InChI=1S/C27H39F3O5/c1-15(31)34-18-9-11-25(3)17(13-18)5-6-19-20-7-8-22(26(20,4)12-10-21(19)25)23(33)14-24(27(28,29)30)35-16(2)32/h17-22,24H,5-14H2,1-4H3/t17-,18-,19-,20-,21-,22+,24?,25-,26-/m0/s1. The molecule has 9 atom stereocenters. The average Bonchev–Trinajstić information content (AvgIpc) is 3.09. The minimum atomic E-state index is -4.75. The van der Waals surface area contributed by atoms with Gasteiger partial charge in [-0.15, -0.1) is 0 Å². The van der Waals surface area contributed by atoms with Crippen molar-refractivity contribution >= 4 is 17.7 Å². The van der Waals surface area contributed by atoms with Crippen molar-refractivity contribution in [3.63, 3.8) is 0 Å². The van der Waals surface area contributed by atoms with Gasteiger partial charge >= 0.3 is 18.1 Å². The van der Waals surface area contributed by atoms with E-state index >= 15 is 0 Å². The summed E-state index contributed by atoms with van der Waals surface area (Å²) in [5.74, 6) is -0.217. The highest BCUT2D eigenvalue weighted by molar-refractivity contribution is 5.83. The maximum atomic E-state index is 13.4. The van der Waals surface area contributed by atoms with E-state index in [4.69, 9.17) is 4.74 Å². The lowest BCUT2D eigenvalue weighted by molar-refractivity contribution is -0.221. The van der Waals surface area contributed by atoms with Crippen LogP contribution in [0.25, 0.3) is 0 Å². The molecule has 0 aromatic carbocycles. The van der Waals surface area contributed by atoms with Crippen molar-refractivity contribution in [3.05, 3.63) is 0 Å². The Hall–Kier alpha value is -1.60. The number of hydrogen-bond acceptors (Lipinski definition) is 5. The second-order valence-electron chi connectivity index (χ2n) is 12.1. The molecule has 0 amide bonds. The van der Waals surface area contributed by atoms with Crippen LogP contribution in [0.2, 0.25) is 0 Å². The van der Waals surface area contributed by atoms with Crippen LogP contribution in [0.1, 0.15) is 91.9 Å². The van der Waals surface area contributed by atoms with Gasteiger partial charge in [0.1, 0.15) is 11.9 Å². The van der Waals surface area contributed by atoms with E-state index in [1.807, 2.05) is 0 Å². The van der Waals surface area contributed by atoms with E-state index in [2.05, 4.69) is 18.6 Å². The second kappa shape index (κ2) is 9.37. The first kappa shape index (κ1) is 26.5. The third kappa shape index (κ3) is 4.87.